The predicted molar refractivity (Wildman–Crippen MR) is 113 cm³/mol. The van der Waals surface area contributed by atoms with Crippen molar-refractivity contribution in [2.75, 3.05) is 0 Å². The van der Waals surface area contributed by atoms with E-state index in [1.165, 1.54) is 50.5 Å². The third-order valence-corrected chi connectivity index (χ3v) is 10.4. The number of hydrogen-bond acceptors (Lipinski definition) is 2. The number of hydrogen-bond donors (Lipinski definition) is 1. The number of rotatable bonds is 1. The molecule has 0 saturated heterocycles. The highest BCUT2D eigenvalue weighted by molar-refractivity contribution is 5.85. The maximum atomic E-state index is 13.4. The Hall–Kier alpha value is -0.630. The summed E-state index contributed by atoms with van der Waals surface area (Å²) < 4.78 is 0. The van der Waals surface area contributed by atoms with Crippen LogP contribution >= 0.6 is 0 Å². The molecule has 5 rings (SSSR count). The van der Waals surface area contributed by atoms with Crippen LogP contribution in [0.5, 0.6) is 0 Å². The first-order valence-corrected chi connectivity index (χ1v) is 12.3. The molecule has 0 heterocycles. The van der Waals surface area contributed by atoms with Crippen molar-refractivity contribution < 1.29 is 9.90 Å². The summed E-state index contributed by atoms with van der Waals surface area (Å²) in [5.74, 6) is 4.15. The van der Waals surface area contributed by atoms with Crippen molar-refractivity contribution in [3.8, 4) is 0 Å². The minimum Gasteiger partial charge on any atom is -0.393 e. The van der Waals surface area contributed by atoms with E-state index in [0.717, 1.165) is 25.7 Å². The molecule has 0 aromatic carbocycles. The van der Waals surface area contributed by atoms with Gasteiger partial charge < -0.3 is 5.11 Å². The number of allylic oxidation sites excluding steroid dienone is 1. The first-order valence-electron chi connectivity index (χ1n) is 12.3. The summed E-state index contributed by atoms with van der Waals surface area (Å²) in [5.41, 5.74) is 2.05. The normalized spacial score (nSPS) is 51.9. The number of Topliss-reactive ketones (excluding diaryl/α,β-unsaturated/α-hetero) is 1. The summed E-state index contributed by atoms with van der Waals surface area (Å²) in [5, 5.41) is 10.3. The molecule has 1 N–H and O–H groups in total. The minimum atomic E-state index is -0.138. The van der Waals surface area contributed by atoms with Crippen LogP contribution in [-0.4, -0.2) is 17.0 Å². The van der Waals surface area contributed by atoms with Gasteiger partial charge in [0.25, 0.3) is 0 Å². The van der Waals surface area contributed by atoms with E-state index in [1.807, 2.05) is 0 Å². The van der Waals surface area contributed by atoms with Crippen molar-refractivity contribution in [2.24, 2.45) is 46.3 Å². The second-order valence-corrected chi connectivity index (χ2v) is 11.7. The van der Waals surface area contributed by atoms with Crippen molar-refractivity contribution in [3.05, 3.63) is 11.6 Å². The highest BCUT2D eigenvalue weighted by Gasteiger charge is 2.63. The first-order chi connectivity index (χ1) is 13.3. The fourth-order valence-electron chi connectivity index (χ4n) is 9.10. The molecule has 0 amide bonds. The van der Waals surface area contributed by atoms with Gasteiger partial charge >= 0.3 is 0 Å². The molecule has 0 aromatic rings. The van der Waals surface area contributed by atoms with Crippen LogP contribution in [0.2, 0.25) is 0 Å². The van der Waals surface area contributed by atoms with Crippen LogP contribution in [0.3, 0.4) is 0 Å². The Morgan fingerprint density at radius 1 is 0.964 bits per heavy atom. The highest BCUT2D eigenvalue weighted by atomic mass is 16.3. The van der Waals surface area contributed by atoms with Crippen molar-refractivity contribution in [3.63, 3.8) is 0 Å². The molecule has 0 aromatic heterocycles. The summed E-state index contributed by atoms with van der Waals surface area (Å²) in [6.45, 7) is 7.42. The zero-order valence-electron chi connectivity index (χ0n) is 18.3. The van der Waals surface area contributed by atoms with Crippen molar-refractivity contribution in [2.45, 2.75) is 97.5 Å². The lowest BCUT2D eigenvalue weighted by molar-refractivity contribution is -0.125. The average Bonchev–Trinajstić information content (AvgIpc) is 2.94. The van der Waals surface area contributed by atoms with Gasteiger partial charge in [-0.05, 0) is 85.4 Å². The molecule has 0 spiro atoms. The van der Waals surface area contributed by atoms with Gasteiger partial charge in [0.2, 0.25) is 0 Å². The quantitative estimate of drug-likeness (QED) is 0.569. The molecule has 0 bridgehead atoms. The van der Waals surface area contributed by atoms with Crippen molar-refractivity contribution >= 4 is 5.78 Å². The monoisotopic (exact) mass is 384 g/mol. The Morgan fingerprint density at radius 2 is 1.71 bits per heavy atom. The van der Waals surface area contributed by atoms with Crippen LogP contribution in [0.15, 0.2) is 11.6 Å². The molecule has 3 unspecified atom stereocenters. The largest absolute Gasteiger partial charge is 0.393 e. The predicted octanol–water partition coefficient (Wildman–Crippen LogP) is 5.93. The van der Waals surface area contributed by atoms with Gasteiger partial charge in [0.15, 0.2) is 0 Å². The van der Waals surface area contributed by atoms with E-state index in [4.69, 9.17) is 0 Å². The minimum absolute atomic E-state index is 0.138. The SMILES string of the molecule is CC1C=C2CC(O)CC[C@]2(C)[C@@H]2CC[C@]3(C)C(C4CCCCC4)C(=O)C[C@H]3[C@H]12. The maximum absolute atomic E-state index is 13.4. The zero-order valence-corrected chi connectivity index (χ0v) is 18.3. The van der Waals surface area contributed by atoms with Crippen LogP contribution in [0.1, 0.15) is 91.4 Å². The van der Waals surface area contributed by atoms with E-state index in [9.17, 15) is 9.90 Å². The summed E-state index contributed by atoms with van der Waals surface area (Å²) in [6, 6.07) is 0. The Bertz CT molecular complexity index is 674. The van der Waals surface area contributed by atoms with E-state index in [1.54, 1.807) is 0 Å². The second kappa shape index (κ2) is 6.69. The second-order valence-electron chi connectivity index (χ2n) is 11.7. The molecule has 2 nitrogen and oxygen atoms in total. The summed E-state index contributed by atoms with van der Waals surface area (Å²) in [7, 11) is 0. The first kappa shape index (κ1) is 19.3. The van der Waals surface area contributed by atoms with Gasteiger partial charge in [0.05, 0.1) is 6.10 Å². The lowest BCUT2D eigenvalue weighted by Crippen LogP contribution is -2.53. The lowest BCUT2D eigenvalue weighted by atomic mass is 9.45. The van der Waals surface area contributed by atoms with E-state index in [-0.39, 0.29) is 16.9 Å². The van der Waals surface area contributed by atoms with E-state index >= 15 is 0 Å². The van der Waals surface area contributed by atoms with E-state index in [2.05, 4.69) is 26.8 Å². The van der Waals surface area contributed by atoms with Gasteiger partial charge in [-0.25, -0.2) is 0 Å². The van der Waals surface area contributed by atoms with E-state index in [0.29, 0.717) is 41.3 Å². The smallest absolute Gasteiger partial charge is 0.137 e. The van der Waals surface area contributed by atoms with Gasteiger partial charge in [0.1, 0.15) is 5.78 Å². The van der Waals surface area contributed by atoms with Crippen molar-refractivity contribution in [1.82, 2.24) is 0 Å². The molecule has 2 heteroatoms. The van der Waals surface area contributed by atoms with Gasteiger partial charge in [-0.3, -0.25) is 4.79 Å². The third-order valence-electron chi connectivity index (χ3n) is 10.4. The van der Waals surface area contributed by atoms with Crippen LogP contribution in [0, 0.1) is 46.3 Å². The van der Waals surface area contributed by atoms with Crippen LogP contribution in [0.4, 0.5) is 0 Å². The molecule has 5 aliphatic rings. The summed E-state index contributed by atoms with van der Waals surface area (Å²) >= 11 is 0. The Morgan fingerprint density at radius 3 is 2.46 bits per heavy atom. The summed E-state index contributed by atoms with van der Waals surface area (Å²) in [6.07, 6.45) is 15.4. The lowest BCUT2D eigenvalue weighted by Gasteiger charge is -2.59. The molecule has 4 saturated carbocycles. The summed E-state index contributed by atoms with van der Waals surface area (Å²) in [4.78, 5) is 13.4. The number of fused-ring (bicyclic) bond motifs is 5. The van der Waals surface area contributed by atoms with Crippen LogP contribution < -0.4 is 0 Å². The van der Waals surface area contributed by atoms with Gasteiger partial charge in [0, 0.05) is 12.3 Å². The molecule has 156 valence electrons. The Labute approximate surface area is 171 Å². The number of aliphatic hydroxyl groups is 1. The Balaban J connectivity index is 1.49. The molecular weight excluding hydrogens is 344 g/mol. The van der Waals surface area contributed by atoms with Crippen molar-refractivity contribution in [1.29, 1.82) is 0 Å². The molecule has 5 aliphatic carbocycles. The topological polar surface area (TPSA) is 37.3 Å². The average molecular weight is 385 g/mol. The number of carbonyl (C=O) groups excluding carboxylic acids is 1. The van der Waals surface area contributed by atoms with Crippen LogP contribution in [-0.2, 0) is 4.79 Å². The van der Waals surface area contributed by atoms with Gasteiger partial charge in [-0.1, -0.05) is 51.7 Å². The van der Waals surface area contributed by atoms with E-state index < -0.39 is 0 Å². The molecule has 0 radical (unpaired) electrons. The molecular formula is C26H40O2. The zero-order chi connectivity index (χ0) is 19.7. The number of carbonyl (C=O) groups is 1. The Kier molecular flexibility index (Phi) is 4.62. The van der Waals surface area contributed by atoms with Gasteiger partial charge in [-0.2, -0.15) is 0 Å². The molecule has 28 heavy (non-hydrogen) atoms. The molecule has 8 atom stereocenters. The molecule has 4 fully saturated rings. The molecule has 0 aliphatic heterocycles. The maximum Gasteiger partial charge on any atom is 0.137 e. The number of aliphatic hydroxyl groups excluding tert-OH is 1. The fraction of sp³-hybridized carbons (Fsp3) is 0.885. The van der Waals surface area contributed by atoms with Crippen LogP contribution in [0.25, 0.3) is 0 Å². The number of ketones is 1. The standard InChI is InChI=1S/C26H40O2/c1-16-13-18-14-19(27)9-11-25(18,2)20-10-12-26(3)21(23(16)20)15-22(28)24(26)17-7-5-4-6-8-17/h13,16-17,19-21,23-24,27H,4-12,14-15H2,1-3H3/t16?,19?,20-,21+,23-,24?,25+,26+/m1/s1. The fourth-order valence-corrected chi connectivity index (χ4v) is 9.10. The third kappa shape index (κ3) is 2.65. The highest BCUT2D eigenvalue weighted by Crippen LogP contribution is 2.67. The van der Waals surface area contributed by atoms with Gasteiger partial charge in [-0.15, -0.1) is 0 Å².